The number of non-ortho nitro benzene ring substituents is 1. The lowest BCUT2D eigenvalue weighted by Gasteiger charge is -2.07. The number of hydrogen-bond donors (Lipinski definition) is 1. The van der Waals surface area contributed by atoms with Crippen molar-refractivity contribution in [2.24, 2.45) is 5.92 Å². The van der Waals surface area contributed by atoms with Gasteiger partial charge in [-0.15, -0.1) is 11.8 Å². The molecule has 0 aliphatic carbocycles. The summed E-state index contributed by atoms with van der Waals surface area (Å²) in [7, 11) is 0. The van der Waals surface area contributed by atoms with Crippen molar-refractivity contribution in [2.45, 2.75) is 26.0 Å². The number of nitro groups is 1. The molecule has 0 unspecified atom stereocenters. The maximum absolute atomic E-state index is 11.5. The van der Waals surface area contributed by atoms with Crippen LogP contribution in [0.1, 0.15) is 25.8 Å². The molecule has 1 rings (SSSR count). The monoisotopic (exact) mass is 296 g/mol. The van der Waals surface area contributed by atoms with Gasteiger partial charge in [0.2, 0.25) is 5.91 Å². The second-order valence-corrected chi connectivity index (χ2v) is 5.93. The van der Waals surface area contributed by atoms with Crippen LogP contribution >= 0.6 is 11.8 Å². The number of rotatable bonds is 8. The van der Waals surface area contributed by atoms with Gasteiger partial charge in [-0.2, -0.15) is 0 Å². The molecule has 1 aromatic rings. The average Bonchev–Trinajstić information content (AvgIpc) is 2.39. The van der Waals surface area contributed by atoms with Crippen LogP contribution in [0, 0.1) is 16.0 Å². The van der Waals surface area contributed by atoms with Gasteiger partial charge < -0.3 is 5.32 Å². The van der Waals surface area contributed by atoms with E-state index in [1.54, 1.807) is 12.1 Å². The predicted octanol–water partition coefficient (Wildman–Crippen LogP) is 2.99. The molecule has 6 heteroatoms. The number of amides is 1. The van der Waals surface area contributed by atoms with Crippen LogP contribution in [0.4, 0.5) is 5.69 Å². The summed E-state index contributed by atoms with van der Waals surface area (Å²) >= 11 is 1.51. The lowest BCUT2D eigenvalue weighted by Crippen LogP contribution is -2.26. The van der Waals surface area contributed by atoms with Crippen LogP contribution in [0.15, 0.2) is 24.3 Å². The fraction of sp³-hybridized carbons (Fsp3) is 0.500. The van der Waals surface area contributed by atoms with Crippen LogP contribution in [0.25, 0.3) is 0 Å². The van der Waals surface area contributed by atoms with Crippen molar-refractivity contribution >= 4 is 23.4 Å². The molecule has 0 atom stereocenters. The normalized spacial score (nSPS) is 10.6. The molecule has 0 heterocycles. The molecule has 1 amide bonds. The van der Waals surface area contributed by atoms with Gasteiger partial charge in [-0.1, -0.05) is 26.0 Å². The smallest absolute Gasteiger partial charge is 0.269 e. The minimum absolute atomic E-state index is 0.0394. The van der Waals surface area contributed by atoms with Crippen LogP contribution in [0.3, 0.4) is 0 Å². The molecule has 0 spiro atoms. The molecule has 110 valence electrons. The summed E-state index contributed by atoms with van der Waals surface area (Å²) in [5, 5.41) is 13.4. The third-order valence-electron chi connectivity index (χ3n) is 2.69. The molecule has 0 radical (unpaired) electrons. The van der Waals surface area contributed by atoms with Gasteiger partial charge in [0, 0.05) is 24.4 Å². The van der Waals surface area contributed by atoms with E-state index in [9.17, 15) is 14.9 Å². The highest BCUT2D eigenvalue weighted by atomic mass is 32.2. The molecule has 5 nitrogen and oxygen atoms in total. The molecule has 0 aromatic heterocycles. The van der Waals surface area contributed by atoms with E-state index in [4.69, 9.17) is 0 Å². The van der Waals surface area contributed by atoms with Gasteiger partial charge in [-0.05, 0) is 17.9 Å². The molecular weight excluding hydrogens is 276 g/mol. The minimum atomic E-state index is -0.418. The SMILES string of the molecule is CC(C)CCNC(=O)CSCc1ccc([N+](=O)[O-])cc1. The second-order valence-electron chi connectivity index (χ2n) is 4.95. The summed E-state index contributed by atoms with van der Waals surface area (Å²) < 4.78 is 0. The Hall–Kier alpha value is -1.56. The summed E-state index contributed by atoms with van der Waals surface area (Å²) in [6.07, 6.45) is 0.985. The van der Waals surface area contributed by atoms with Gasteiger partial charge in [-0.25, -0.2) is 0 Å². The Bertz CT molecular complexity index is 446. The van der Waals surface area contributed by atoms with Crippen molar-refractivity contribution in [1.82, 2.24) is 5.32 Å². The topological polar surface area (TPSA) is 72.2 Å². The third-order valence-corrected chi connectivity index (χ3v) is 3.70. The Labute approximate surface area is 123 Å². The molecule has 1 N–H and O–H groups in total. The molecule has 20 heavy (non-hydrogen) atoms. The molecule has 0 saturated carbocycles. The molecule has 1 aromatic carbocycles. The van der Waals surface area contributed by atoms with Crippen molar-refractivity contribution < 1.29 is 9.72 Å². The number of thioether (sulfide) groups is 1. The highest BCUT2D eigenvalue weighted by molar-refractivity contribution is 7.99. The van der Waals surface area contributed by atoms with E-state index in [-0.39, 0.29) is 11.6 Å². The highest BCUT2D eigenvalue weighted by Gasteiger charge is 2.05. The molecular formula is C14H20N2O3S. The number of nitro benzene ring substituents is 1. The van der Waals surface area contributed by atoms with Crippen LogP contribution in [0.5, 0.6) is 0 Å². The van der Waals surface area contributed by atoms with Gasteiger partial charge in [-0.3, -0.25) is 14.9 Å². The first-order valence-electron chi connectivity index (χ1n) is 6.57. The van der Waals surface area contributed by atoms with Crippen LogP contribution in [-0.4, -0.2) is 23.1 Å². The second kappa shape index (κ2) is 8.58. The number of nitrogens with one attached hydrogen (secondary N) is 1. The Morgan fingerprint density at radius 3 is 2.55 bits per heavy atom. The van der Waals surface area contributed by atoms with Crippen molar-refractivity contribution in [3.63, 3.8) is 0 Å². The fourth-order valence-electron chi connectivity index (χ4n) is 1.53. The summed E-state index contributed by atoms with van der Waals surface area (Å²) in [6.45, 7) is 4.96. The summed E-state index contributed by atoms with van der Waals surface area (Å²) in [5.74, 6) is 1.71. The standard InChI is InChI=1S/C14H20N2O3S/c1-11(2)7-8-15-14(17)10-20-9-12-3-5-13(6-4-12)16(18)19/h3-6,11H,7-10H2,1-2H3,(H,15,17). The van der Waals surface area contributed by atoms with E-state index in [1.165, 1.54) is 23.9 Å². The van der Waals surface area contributed by atoms with Crippen LogP contribution in [-0.2, 0) is 10.5 Å². The van der Waals surface area contributed by atoms with E-state index in [1.807, 2.05) is 0 Å². The predicted molar refractivity (Wildman–Crippen MR) is 81.7 cm³/mol. The number of hydrogen-bond acceptors (Lipinski definition) is 4. The Balaban J connectivity index is 2.23. The number of nitrogens with zero attached hydrogens (tertiary/aromatic N) is 1. The van der Waals surface area contributed by atoms with Gasteiger partial charge in [0.1, 0.15) is 0 Å². The van der Waals surface area contributed by atoms with Crippen molar-refractivity contribution in [3.05, 3.63) is 39.9 Å². The zero-order valence-electron chi connectivity index (χ0n) is 11.8. The fourth-order valence-corrected chi connectivity index (χ4v) is 2.34. The minimum Gasteiger partial charge on any atom is -0.355 e. The van der Waals surface area contributed by atoms with Crippen molar-refractivity contribution in [3.8, 4) is 0 Å². The highest BCUT2D eigenvalue weighted by Crippen LogP contribution is 2.16. The summed E-state index contributed by atoms with van der Waals surface area (Å²) in [5.41, 5.74) is 1.07. The zero-order valence-corrected chi connectivity index (χ0v) is 12.6. The average molecular weight is 296 g/mol. The lowest BCUT2D eigenvalue weighted by molar-refractivity contribution is -0.384. The van der Waals surface area contributed by atoms with Crippen molar-refractivity contribution in [1.29, 1.82) is 0 Å². The van der Waals surface area contributed by atoms with Gasteiger partial charge >= 0.3 is 0 Å². The number of benzene rings is 1. The number of carbonyl (C=O) groups excluding carboxylic acids is 1. The first-order valence-corrected chi connectivity index (χ1v) is 7.72. The van der Waals surface area contributed by atoms with Gasteiger partial charge in [0.05, 0.1) is 10.7 Å². The van der Waals surface area contributed by atoms with Crippen LogP contribution in [0.2, 0.25) is 0 Å². The maximum Gasteiger partial charge on any atom is 0.269 e. The molecule has 0 saturated heterocycles. The Kier molecular flexibility index (Phi) is 7.08. The third kappa shape index (κ3) is 6.56. The van der Waals surface area contributed by atoms with E-state index in [2.05, 4.69) is 19.2 Å². The summed E-state index contributed by atoms with van der Waals surface area (Å²) in [6, 6.07) is 6.42. The molecule has 0 aliphatic heterocycles. The quantitative estimate of drug-likeness (QED) is 0.591. The molecule has 0 fully saturated rings. The van der Waals surface area contributed by atoms with E-state index in [0.29, 0.717) is 24.0 Å². The zero-order chi connectivity index (χ0) is 15.0. The van der Waals surface area contributed by atoms with Gasteiger partial charge in [0.25, 0.3) is 5.69 Å². The lowest BCUT2D eigenvalue weighted by atomic mass is 10.1. The summed E-state index contributed by atoms with van der Waals surface area (Å²) in [4.78, 5) is 21.6. The first kappa shape index (κ1) is 16.5. The maximum atomic E-state index is 11.5. The number of carbonyl (C=O) groups is 1. The molecule has 0 bridgehead atoms. The van der Waals surface area contributed by atoms with E-state index in [0.717, 1.165) is 12.0 Å². The van der Waals surface area contributed by atoms with Crippen LogP contribution < -0.4 is 5.32 Å². The van der Waals surface area contributed by atoms with E-state index < -0.39 is 4.92 Å². The Morgan fingerprint density at radius 1 is 1.35 bits per heavy atom. The largest absolute Gasteiger partial charge is 0.355 e. The first-order chi connectivity index (χ1) is 9.49. The Morgan fingerprint density at radius 2 is 2.00 bits per heavy atom. The molecule has 0 aliphatic rings. The van der Waals surface area contributed by atoms with E-state index >= 15 is 0 Å². The van der Waals surface area contributed by atoms with Gasteiger partial charge in [0.15, 0.2) is 0 Å². The van der Waals surface area contributed by atoms with Crippen molar-refractivity contribution in [2.75, 3.05) is 12.3 Å².